The van der Waals surface area contributed by atoms with E-state index >= 15 is 0 Å². The van der Waals surface area contributed by atoms with Crippen LogP contribution < -0.4 is 10.6 Å². The van der Waals surface area contributed by atoms with Crippen molar-refractivity contribution in [3.05, 3.63) is 83.2 Å². The first-order chi connectivity index (χ1) is 14.0. The normalized spacial score (nSPS) is 12.5. The van der Waals surface area contributed by atoms with Gasteiger partial charge in [-0.3, -0.25) is 9.89 Å². The molecule has 1 aromatic carbocycles. The molecule has 2 aromatic heterocycles. The molecule has 30 heavy (non-hydrogen) atoms. The molecule has 3 aromatic rings. The SMILES string of the molecule is CN=C(NCc1ccccc1CN(C)Cc1ccco1)NC(C)c1ccc(C)o1.I. The Hall–Kier alpha value is -2.26. The Morgan fingerprint density at radius 2 is 1.83 bits per heavy atom. The summed E-state index contributed by atoms with van der Waals surface area (Å²) in [5, 5.41) is 6.79. The molecule has 0 aliphatic carbocycles. The van der Waals surface area contributed by atoms with E-state index in [0.29, 0.717) is 6.54 Å². The monoisotopic (exact) mass is 522 g/mol. The van der Waals surface area contributed by atoms with Crippen molar-refractivity contribution in [2.24, 2.45) is 4.99 Å². The summed E-state index contributed by atoms with van der Waals surface area (Å²) < 4.78 is 11.2. The second kappa shape index (κ2) is 11.8. The second-order valence-corrected chi connectivity index (χ2v) is 7.26. The van der Waals surface area contributed by atoms with Crippen LogP contribution in [0, 0.1) is 6.92 Å². The van der Waals surface area contributed by atoms with Crippen LogP contribution >= 0.6 is 24.0 Å². The molecule has 0 saturated carbocycles. The predicted octanol–water partition coefficient (Wildman–Crippen LogP) is 4.86. The molecular formula is C23H31IN4O2. The van der Waals surface area contributed by atoms with Crippen molar-refractivity contribution >= 4 is 29.9 Å². The van der Waals surface area contributed by atoms with Crippen LogP contribution in [0.1, 0.15) is 41.4 Å². The lowest BCUT2D eigenvalue weighted by molar-refractivity contribution is 0.287. The van der Waals surface area contributed by atoms with Crippen molar-refractivity contribution in [2.75, 3.05) is 14.1 Å². The number of hydrogen-bond donors (Lipinski definition) is 2. The molecule has 0 amide bonds. The van der Waals surface area contributed by atoms with Gasteiger partial charge in [-0.2, -0.15) is 0 Å². The Morgan fingerprint density at radius 1 is 1.07 bits per heavy atom. The Labute approximate surface area is 195 Å². The van der Waals surface area contributed by atoms with E-state index in [1.807, 2.05) is 31.2 Å². The third-order valence-corrected chi connectivity index (χ3v) is 4.78. The molecule has 6 nitrogen and oxygen atoms in total. The third kappa shape index (κ3) is 6.91. The number of nitrogens with zero attached hydrogens (tertiary/aromatic N) is 2. The number of hydrogen-bond acceptors (Lipinski definition) is 4. The minimum atomic E-state index is 0. The van der Waals surface area contributed by atoms with Crippen LogP contribution in [0.2, 0.25) is 0 Å². The molecular weight excluding hydrogens is 491 g/mol. The van der Waals surface area contributed by atoms with Gasteiger partial charge in [0.1, 0.15) is 17.3 Å². The summed E-state index contributed by atoms with van der Waals surface area (Å²) in [6, 6.07) is 16.4. The number of benzene rings is 1. The van der Waals surface area contributed by atoms with Gasteiger partial charge in [0.15, 0.2) is 5.96 Å². The lowest BCUT2D eigenvalue weighted by Gasteiger charge is -2.20. The number of halogens is 1. The van der Waals surface area contributed by atoms with Gasteiger partial charge >= 0.3 is 0 Å². The van der Waals surface area contributed by atoms with Crippen molar-refractivity contribution in [3.63, 3.8) is 0 Å². The number of aryl methyl sites for hydroxylation is 1. The van der Waals surface area contributed by atoms with Gasteiger partial charge in [-0.1, -0.05) is 24.3 Å². The highest BCUT2D eigenvalue weighted by Crippen LogP contribution is 2.16. The zero-order valence-corrected chi connectivity index (χ0v) is 20.3. The summed E-state index contributed by atoms with van der Waals surface area (Å²) in [6.45, 7) is 6.31. The van der Waals surface area contributed by atoms with Crippen molar-refractivity contribution in [1.29, 1.82) is 0 Å². The van der Waals surface area contributed by atoms with Crippen LogP contribution in [0.4, 0.5) is 0 Å². The topological polar surface area (TPSA) is 65.9 Å². The Bertz CT molecular complexity index is 921. The number of furan rings is 2. The summed E-state index contributed by atoms with van der Waals surface area (Å²) in [4.78, 5) is 6.59. The van der Waals surface area contributed by atoms with Crippen molar-refractivity contribution in [1.82, 2.24) is 15.5 Å². The van der Waals surface area contributed by atoms with Gasteiger partial charge < -0.3 is 19.5 Å². The molecule has 3 rings (SSSR count). The van der Waals surface area contributed by atoms with Crippen molar-refractivity contribution in [3.8, 4) is 0 Å². The van der Waals surface area contributed by atoms with E-state index in [1.54, 1.807) is 13.3 Å². The van der Waals surface area contributed by atoms with Gasteiger partial charge in [-0.25, -0.2) is 0 Å². The van der Waals surface area contributed by atoms with Gasteiger partial charge in [0.05, 0.1) is 18.8 Å². The molecule has 0 aliphatic heterocycles. The van der Waals surface area contributed by atoms with Crippen LogP contribution in [-0.2, 0) is 19.6 Å². The van der Waals surface area contributed by atoms with E-state index in [1.165, 1.54) is 11.1 Å². The number of aliphatic imine (C=N–C) groups is 1. The smallest absolute Gasteiger partial charge is 0.191 e. The first-order valence-electron chi connectivity index (χ1n) is 9.86. The Balaban J connectivity index is 0.00000320. The molecule has 1 unspecified atom stereocenters. The molecule has 7 heteroatoms. The van der Waals surface area contributed by atoms with E-state index in [0.717, 1.165) is 36.3 Å². The molecule has 0 spiro atoms. The molecule has 1 atom stereocenters. The first-order valence-corrected chi connectivity index (χ1v) is 9.86. The molecule has 162 valence electrons. The molecule has 0 bridgehead atoms. The van der Waals surface area contributed by atoms with E-state index in [9.17, 15) is 0 Å². The predicted molar refractivity (Wildman–Crippen MR) is 131 cm³/mol. The molecule has 0 saturated heterocycles. The largest absolute Gasteiger partial charge is 0.468 e. The van der Waals surface area contributed by atoms with E-state index in [-0.39, 0.29) is 30.0 Å². The quantitative estimate of drug-likeness (QED) is 0.252. The molecule has 2 N–H and O–H groups in total. The summed E-state index contributed by atoms with van der Waals surface area (Å²) >= 11 is 0. The fraction of sp³-hybridized carbons (Fsp3) is 0.348. The van der Waals surface area contributed by atoms with Crippen LogP contribution in [-0.4, -0.2) is 25.0 Å². The summed E-state index contributed by atoms with van der Waals surface area (Å²) in [5.41, 5.74) is 2.52. The van der Waals surface area contributed by atoms with Gasteiger partial charge in [-0.05, 0) is 56.3 Å². The number of nitrogens with one attached hydrogen (secondary N) is 2. The van der Waals surface area contributed by atoms with E-state index < -0.39 is 0 Å². The van der Waals surface area contributed by atoms with Gasteiger partial charge in [0.2, 0.25) is 0 Å². The third-order valence-electron chi connectivity index (χ3n) is 4.78. The van der Waals surface area contributed by atoms with Crippen LogP contribution in [0.3, 0.4) is 0 Å². The molecule has 0 fully saturated rings. The zero-order chi connectivity index (χ0) is 20.6. The zero-order valence-electron chi connectivity index (χ0n) is 18.0. The highest BCUT2D eigenvalue weighted by atomic mass is 127. The van der Waals surface area contributed by atoms with Crippen LogP contribution in [0.25, 0.3) is 0 Å². The highest BCUT2D eigenvalue weighted by Gasteiger charge is 2.12. The van der Waals surface area contributed by atoms with Crippen LogP contribution in [0.15, 0.2) is 68.6 Å². The van der Waals surface area contributed by atoms with Crippen LogP contribution in [0.5, 0.6) is 0 Å². The molecule has 2 heterocycles. The second-order valence-electron chi connectivity index (χ2n) is 7.26. The van der Waals surface area contributed by atoms with Gasteiger partial charge in [0, 0.05) is 20.1 Å². The number of guanidine groups is 1. The average molecular weight is 522 g/mol. The molecule has 0 radical (unpaired) electrons. The van der Waals surface area contributed by atoms with Crippen molar-refractivity contribution < 1.29 is 8.83 Å². The lowest BCUT2D eigenvalue weighted by atomic mass is 10.1. The van der Waals surface area contributed by atoms with E-state index in [4.69, 9.17) is 8.83 Å². The standard InChI is InChI=1S/C23H30N4O2.HI/c1-17-11-12-22(29-17)18(2)26-23(24-3)25-14-19-8-5-6-9-20(19)15-27(4)16-21-10-7-13-28-21;/h5-13,18H,14-16H2,1-4H3,(H2,24,25,26);1H. The van der Waals surface area contributed by atoms with Gasteiger partial charge in [0.25, 0.3) is 0 Å². The van der Waals surface area contributed by atoms with E-state index in [2.05, 4.69) is 58.8 Å². The number of rotatable bonds is 8. The Morgan fingerprint density at radius 3 is 2.47 bits per heavy atom. The average Bonchev–Trinajstić information content (AvgIpc) is 3.37. The lowest BCUT2D eigenvalue weighted by Crippen LogP contribution is -2.38. The maximum atomic E-state index is 5.70. The fourth-order valence-electron chi connectivity index (χ4n) is 3.24. The highest BCUT2D eigenvalue weighted by molar-refractivity contribution is 14.0. The van der Waals surface area contributed by atoms with Crippen molar-refractivity contribution in [2.45, 2.75) is 39.5 Å². The summed E-state index contributed by atoms with van der Waals surface area (Å²) in [6.07, 6.45) is 1.71. The fourth-order valence-corrected chi connectivity index (χ4v) is 3.24. The minimum absolute atomic E-state index is 0. The maximum Gasteiger partial charge on any atom is 0.191 e. The Kier molecular flexibility index (Phi) is 9.45. The molecule has 0 aliphatic rings. The summed E-state index contributed by atoms with van der Waals surface area (Å²) in [5.74, 6) is 3.51. The maximum absolute atomic E-state index is 5.70. The van der Waals surface area contributed by atoms with Gasteiger partial charge in [-0.15, -0.1) is 24.0 Å². The minimum Gasteiger partial charge on any atom is -0.468 e. The first kappa shape index (κ1) is 24.0. The summed E-state index contributed by atoms with van der Waals surface area (Å²) in [7, 11) is 3.87.